The molecule has 0 fully saturated rings. The minimum atomic E-state index is -0.751. The molecule has 58 heavy (non-hydrogen) atoms. The average Bonchev–Trinajstić information content (AvgIpc) is 3.85. The van der Waals surface area contributed by atoms with Crippen molar-refractivity contribution in [2.45, 2.75) is 0 Å². The number of aromatic nitrogens is 1. The molecule has 0 aliphatic rings. The van der Waals surface area contributed by atoms with E-state index in [1.807, 2.05) is 54.6 Å². The number of fused-ring (bicyclic) bond motifs is 10. The van der Waals surface area contributed by atoms with Gasteiger partial charge in [0, 0.05) is 66.2 Å². The van der Waals surface area contributed by atoms with Crippen LogP contribution in [0.2, 0.25) is 0 Å². The summed E-state index contributed by atoms with van der Waals surface area (Å²) in [7, 11) is 0. The van der Waals surface area contributed by atoms with Crippen molar-refractivity contribution in [2.75, 3.05) is 9.80 Å². The van der Waals surface area contributed by atoms with Crippen LogP contribution in [0, 0.1) is 34.9 Å². The minimum absolute atomic E-state index is 0.228. The Morgan fingerprint density at radius 1 is 0.379 bits per heavy atom. The van der Waals surface area contributed by atoms with Gasteiger partial charge in [0.15, 0.2) is 0 Å². The Labute approximate surface area is 329 Å². The van der Waals surface area contributed by atoms with Crippen molar-refractivity contribution in [3.8, 4) is 0 Å². The summed E-state index contributed by atoms with van der Waals surface area (Å²) in [5.74, 6) is -3.88. The SMILES string of the molecule is Fc1ccc(N(c2cc(F)cc(F)c2)c2ccc3c(c2)sc2c3c3cccc4c5c6ccccc6c(N(c6ccc(F)cc6)c6cc(F)cc(F)c6)cc5n2c43)cc1. The van der Waals surface area contributed by atoms with Crippen LogP contribution in [0.15, 0.2) is 152 Å². The van der Waals surface area contributed by atoms with Crippen LogP contribution in [0.1, 0.15) is 0 Å². The molecule has 3 aromatic heterocycles. The Balaban J connectivity index is 1.20. The first-order valence-electron chi connectivity index (χ1n) is 18.3. The minimum Gasteiger partial charge on any atom is -0.310 e. The van der Waals surface area contributed by atoms with Gasteiger partial charge >= 0.3 is 0 Å². The molecule has 0 unspecified atom stereocenters. The smallest absolute Gasteiger partial charge is 0.128 e. The van der Waals surface area contributed by atoms with Crippen LogP contribution < -0.4 is 9.80 Å². The van der Waals surface area contributed by atoms with E-state index in [9.17, 15) is 26.3 Å². The summed E-state index contributed by atoms with van der Waals surface area (Å²) in [5.41, 5.74) is 4.61. The molecular weight excluding hydrogens is 765 g/mol. The maximum atomic E-state index is 14.9. The largest absolute Gasteiger partial charge is 0.310 e. The number of hydrogen-bond acceptors (Lipinski definition) is 3. The fraction of sp³-hybridized carbons (Fsp3) is 0. The van der Waals surface area contributed by atoms with Crippen molar-refractivity contribution in [2.24, 2.45) is 0 Å². The van der Waals surface area contributed by atoms with E-state index in [1.54, 1.807) is 45.4 Å². The molecule has 0 amide bonds. The first-order valence-corrected chi connectivity index (χ1v) is 19.1. The van der Waals surface area contributed by atoms with Crippen LogP contribution in [-0.4, -0.2) is 4.40 Å². The van der Waals surface area contributed by atoms with Crippen molar-refractivity contribution in [3.63, 3.8) is 0 Å². The molecular formula is C48H25F6N3S. The number of para-hydroxylation sites is 1. The van der Waals surface area contributed by atoms with Crippen LogP contribution in [0.25, 0.3) is 58.3 Å². The van der Waals surface area contributed by atoms with E-state index in [-0.39, 0.29) is 11.4 Å². The lowest BCUT2D eigenvalue weighted by Gasteiger charge is -2.27. The molecule has 0 aliphatic heterocycles. The summed E-state index contributed by atoms with van der Waals surface area (Å²) in [6.07, 6.45) is 0. The Morgan fingerprint density at radius 2 is 0.897 bits per heavy atom. The van der Waals surface area contributed by atoms with Crippen molar-refractivity contribution in [1.82, 2.24) is 4.40 Å². The van der Waals surface area contributed by atoms with Crippen molar-refractivity contribution < 1.29 is 26.3 Å². The van der Waals surface area contributed by atoms with Crippen LogP contribution >= 0.6 is 11.3 Å². The van der Waals surface area contributed by atoms with Crippen LogP contribution in [0.5, 0.6) is 0 Å². The lowest BCUT2D eigenvalue weighted by atomic mass is 9.99. The number of halogens is 6. The zero-order valence-electron chi connectivity index (χ0n) is 30.0. The Hall–Kier alpha value is -7.04. The number of hydrogen-bond donors (Lipinski definition) is 0. The summed E-state index contributed by atoms with van der Waals surface area (Å²) in [6.45, 7) is 0. The third-order valence-electron chi connectivity index (χ3n) is 10.8. The second kappa shape index (κ2) is 12.7. The number of nitrogens with zero attached hydrogens (tertiary/aromatic N) is 3. The molecule has 0 spiro atoms. The highest BCUT2D eigenvalue weighted by molar-refractivity contribution is 7.25. The van der Waals surface area contributed by atoms with Gasteiger partial charge in [-0.2, -0.15) is 0 Å². The zero-order valence-corrected chi connectivity index (χ0v) is 30.8. The Morgan fingerprint density at radius 3 is 1.52 bits per heavy atom. The maximum Gasteiger partial charge on any atom is 0.128 e. The van der Waals surface area contributed by atoms with E-state index in [4.69, 9.17) is 0 Å². The van der Waals surface area contributed by atoms with Crippen LogP contribution in [-0.2, 0) is 0 Å². The molecule has 280 valence electrons. The molecule has 11 aromatic rings. The molecule has 10 heteroatoms. The van der Waals surface area contributed by atoms with Gasteiger partial charge in [-0.1, -0.05) is 48.5 Å². The molecule has 3 heterocycles. The van der Waals surface area contributed by atoms with Gasteiger partial charge in [-0.25, -0.2) is 26.3 Å². The van der Waals surface area contributed by atoms with Gasteiger partial charge in [0.25, 0.3) is 0 Å². The molecule has 0 N–H and O–H groups in total. The first kappa shape index (κ1) is 34.2. The molecule has 0 saturated carbocycles. The molecule has 11 rings (SSSR count). The first-order chi connectivity index (χ1) is 28.2. The van der Waals surface area contributed by atoms with Crippen molar-refractivity contribution in [3.05, 3.63) is 187 Å². The van der Waals surface area contributed by atoms with Gasteiger partial charge in [-0.3, -0.25) is 4.40 Å². The number of thiophene rings is 1. The summed E-state index contributed by atoms with van der Waals surface area (Å²) in [4.78, 5) is 4.38. The third-order valence-corrected chi connectivity index (χ3v) is 11.9. The fourth-order valence-corrected chi connectivity index (χ4v) is 9.80. The quantitative estimate of drug-likeness (QED) is 0.155. The molecule has 0 radical (unpaired) electrons. The molecule has 0 bridgehead atoms. The summed E-state index contributed by atoms with van der Waals surface area (Å²) in [6, 6.07) is 40.1. The van der Waals surface area contributed by atoms with Crippen LogP contribution in [0.4, 0.5) is 60.5 Å². The normalized spacial score (nSPS) is 12.0. The lowest BCUT2D eigenvalue weighted by molar-refractivity contribution is 0.583. The second-order valence-corrected chi connectivity index (χ2v) is 15.2. The monoisotopic (exact) mass is 789 g/mol. The molecule has 8 aromatic carbocycles. The number of anilines is 6. The topological polar surface area (TPSA) is 10.9 Å². The zero-order chi connectivity index (χ0) is 39.4. The van der Waals surface area contributed by atoms with Gasteiger partial charge < -0.3 is 9.80 Å². The van der Waals surface area contributed by atoms with Gasteiger partial charge in [0.1, 0.15) is 39.7 Å². The van der Waals surface area contributed by atoms with Crippen molar-refractivity contribution in [1.29, 1.82) is 0 Å². The van der Waals surface area contributed by atoms with E-state index < -0.39 is 34.9 Å². The Kier molecular flexibility index (Phi) is 7.52. The maximum absolute atomic E-state index is 14.9. The fourth-order valence-electron chi connectivity index (χ4n) is 8.53. The highest BCUT2D eigenvalue weighted by Gasteiger charge is 2.26. The van der Waals surface area contributed by atoms with E-state index in [1.165, 1.54) is 48.5 Å². The predicted octanol–water partition coefficient (Wildman–Crippen LogP) is 15.0. The van der Waals surface area contributed by atoms with Gasteiger partial charge in [0.05, 0.1) is 28.1 Å². The highest BCUT2D eigenvalue weighted by Crippen LogP contribution is 2.50. The third kappa shape index (κ3) is 5.21. The van der Waals surface area contributed by atoms with E-state index in [2.05, 4.69) is 16.5 Å². The predicted molar refractivity (Wildman–Crippen MR) is 223 cm³/mol. The average molecular weight is 790 g/mol. The molecule has 0 aliphatic carbocycles. The number of rotatable bonds is 6. The van der Waals surface area contributed by atoms with Gasteiger partial charge in [0.2, 0.25) is 0 Å². The summed E-state index contributed by atoms with van der Waals surface area (Å²) >= 11 is 1.56. The molecule has 3 nitrogen and oxygen atoms in total. The number of benzene rings is 8. The van der Waals surface area contributed by atoms with E-state index in [0.717, 1.165) is 70.4 Å². The van der Waals surface area contributed by atoms with E-state index >= 15 is 0 Å². The Bertz CT molecular complexity index is 3390. The summed E-state index contributed by atoms with van der Waals surface area (Å²) < 4.78 is 90.6. The van der Waals surface area contributed by atoms with Crippen molar-refractivity contribution >= 4 is 104 Å². The molecule has 0 saturated heterocycles. The standard InChI is InChI=1S/C48H25F6N3S/c49-26-8-12-32(13-9-26)55(35-20-28(51)18-29(52)21-35)34-16-17-39-44(24-34)58-48-46(39)41-7-3-6-40-45-38-5-2-1-4-37(38)42(25-43(45)57(48)47(40)41)56(33-14-10-27(50)11-15-33)36-22-30(53)19-31(54)23-36/h1-25H. The molecule has 0 atom stereocenters. The second-order valence-electron chi connectivity index (χ2n) is 14.2. The van der Waals surface area contributed by atoms with E-state index in [0.29, 0.717) is 22.7 Å². The summed E-state index contributed by atoms with van der Waals surface area (Å²) in [5, 5.41) is 6.80. The van der Waals surface area contributed by atoms with Gasteiger partial charge in [-0.05, 0) is 96.4 Å². The lowest BCUT2D eigenvalue weighted by Crippen LogP contribution is -2.11. The highest BCUT2D eigenvalue weighted by atomic mass is 32.1. The van der Waals surface area contributed by atoms with Crippen LogP contribution in [0.3, 0.4) is 0 Å². The van der Waals surface area contributed by atoms with Gasteiger partial charge in [-0.15, -0.1) is 11.3 Å².